The average Bonchev–Trinajstić information content (AvgIpc) is 2.31. The molecule has 0 saturated carbocycles. The lowest BCUT2D eigenvalue weighted by atomic mass is 9.75. The van der Waals surface area contributed by atoms with Gasteiger partial charge in [0, 0.05) is 12.0 Å². The van der Waals surface area contributed by atoms with E-state index in [1.54, 1.807) is 0 Å². The van der Waals surface area contributed by atoms with Crippen LogP contribution < -0.4 is 5.73 Å². The van der Waals surface area contributed by atoms with E-state index in [1.807, 2.05) is 20.8 Å². The highest BCUT2D eigenvalue weighted by Gasteiger charge is 2.33. The average molecular weight is 245 g/mol. The Kier molecular flexibility index (Phi) is 10.6. The van der Waals surface area contributed by atoms with Crippen molar-refractivity contribution in [3.63, 3.8) is 0 Å². The van der Waals surface area contributed by atoms with Gasteiger partial charge in [-0.05, 0) is 19.3 Å². The third kappa shape index (κ3) is 6.84. The summed E-state index contributed by atoms with van der Waals surface area (Å²) in [5.74, 6) is -1.16. The van der Waals surface area contributed by atoms with Gasteiger partial charge in [-0.2, -0.15) is 0 Å². The number of ketones is 1. The molecule has 0 heterocycles. The van der Waals surface area contributed by atoms with Crippen molar-refractivity contribution in [3.05, 3.63) is 0 Å². The SMILES string of the molecule is CCC(CC)(CC)C(=O)CC(=O)O.NCC=O. The predicted octanol–water partition coefficient (Wildman–Crippen LogP) is 1.39. The molecule has 17 heavy (non-hydrogen) atoms. The number of carboxylic acid groups (broad SMARTS) is 1. The normalized spacial score (nSPS) is 10.1. The van der Waals surface area contributed by atoms with Gasteiger partial charge >= 0.3 is 5.97 Å². The van der Waals surface area contributed by atoms with Gasteiger partial charge < -0.3 is 15.6 Å². The summed E-state index contributed by atoms with van der Waals surface area (Å²) in [7, 11) is 0. The van der Waals surface area contributed by atoms with Crippen LogP contribution in [0, 0.1) is 5.41 Å². The van der Waals surface area contributed by atoms with E-state index in [4.69, 9.17) is 9.90 Å². The number of aldehydes is 1. The van der Waals surface area contributed by atoms with Gasteiger partial charge in [0.25, 0.3) is 0 Å². The van der Waals surface area contributed by atoms with Crippen LogP contribution >= 0.6 is 0 Å². The summed E-state index contributed by atoms with van der Waals surface area (Å²) in [4.78, 5) is 31.0. The highest BCUT2D eigenvalue weighted by Crippen LogP contribution is 2.32. The molecule has 0 aliphatic carbocycles. The van der Waals surface area contributed by atoms with E-state index in [-0.39, 0.29) is 18.7 Å². The first kappa shape index (κ1) is 18.1. The number of Topliss-reactive ketones (excluding diaryl/α,β-unsaturated/α-hetero) is 1. The van der Waals surface area contributed by atoms with E-state index >= 15 is 0 Å². The van der Waals surface area contributed by atoms with Crippen molar-refractivity contribution in [3.8, 4) is 0 Å². The van der Waals surface area contributed by atoms with Crippen LogP contribution in [-0.2, 0) is 14.4 Å². The smallest absolute Gasteiger partial charge is 0.310 e. The molecular formula is C12H23NO4. The zero-order valence-corrected chi connectivity index (χ0v) is 10.9. The van der Waals surface area contributed by atoms with Gasteiger partial charge in [0.2, 0.25) is 0 Å². The lowest BCUT2D eigenvalue weighted by Gasteiger charge is -2.27. The molecule has 0 aliphatic heterocycles. The van der Waals surface area contributed by atoms with Crippen LogP contribution in [0.1, 0.15) is 46.5 Å². The van der Waals surface area contributed by atoms with Crippen molar-refractivity contribution in [2.75, 3.05) is 6.54 Å². The summed E-state index contributed by atoms with van der Waals surface area (Å²) in [6.07, 6.45) is 2.50. The van der Waals surface area contributed by atoms with Crippen LogP contribution in [0.15, 0.2) is 0 Å². The fourth-order valence-electron chi connectivity index (χ4n) is 1.67. The first-order valence-electron chi connectivity index (χ1n) is 5.82. The highest BCUT2D eigenvalue weighted by atomic mass is 16.4. The van der Waals surface area contributed by atoms with Crippen molar-refractivity contribution in [2.24, 2.45) is 11.1 Å². The summed E-state index contributed by atoms with van der Waals surface area (Å²) in [5.41, 5.74) is 4.26. The fourth-order valence-corrected chi connectivity index (χ4v) is 1.67. The second kappa shape index (κ2) is 9.96. The van der Waals surface area contributed by atoms with Crippen LogP contribution in [0.2, 0.25) is 0 Å². The van der Waals surface area contributed by atoms with Crippen molar-refractivity contribution < 1.29 is 19.5 Å². The maximum Gasteiger partial charge on any atom is 0.310 e. The first-order chi connectivity index (χ1) is 7.93. The molecule has 0 saturated heterocycles. The molecule has 0 unspecified atom stereocenters. The maximum absolute atomic E-state index is 11.6. The number of rotatable bonds is 7. The Morgan fingerprint density at radius 1 is 1.18 bits per heavy atom. The zero-order chi connectivity index (χ0) is 13.9. The summed E-state index contributed by atoms with van der Waals surface area (Å²) in [5, 5.41) is 8.51. The highest BCUT2D eigenvalue weighted by molar-refractivity contribution is 5.98. The molecule has 3 N–H and O–H groups in total. The van der Waals surface area contributed by atoms with E-state index in [9.17, 15) is 9.59 Å². The number of hydrogen-bond donors (Lipinski definition) is 2. The second-order valence-electron chi connectivity index (χ2n) is 3.74. The lowest BCUT2D eigenvalue weighted by molar-refractivity contribution is -0.143. The Morgan fingerprint density at radius 2 is 1.53 bits per heavy atom. The van der Waals surface area contributed by atoms with E-state index < -0.39 is 11.4 Å². The van der Waals surface area contributed by atoms with Crippen molar-refractivity contribution in [1.29, 1.82) is 0 Å². The molecule has 0 aromatic heterocycles. The zero-order valence-electron chi connectivity index (χ0n) is 10.9. The van der Waals surface area contributed by atoms with Crippen molar-refractivity contribution in [2.45, 2.75) is 46.5 Å². The fraction of sp³-hybridized carbons (Fsp3) is 0.750. The summed E-state index contributed by atoms with van der Waals surface area (Å²) in [6, 6.07) is 0. The van der Waals surface area contributed by atoms with Crippen LogP contribution in [0.25, 0.3) is 0 Å². The summed E-state index contributed by atoms with van der Waals surface area (Å²) in [6.45, 7) is 5.95. The molecule has 0 bridgehead atoms. The molecule has 0 aliphatic rings. The molecule has 0 atom stereocenters. The Bertz CT molecular complexity index is 239. The molecule has 0 rings (SSSR count). The summed E-state index contributed by atoms with van der Waals surface area (Å²) < 4.78 is 0. The lowest BCUT2D eigenvalue weighted by Crippen LogP contribution is -2.30. The number of nitrogens with two attached hydrogens (primary N) is 1. The Hall–Kier alpha value is -1.23. The molecule has 0 aromatic carbocycles. The second-order valence-corrected chi connectivity index (χ2v) is 3.74. The minimum atomic E-state index is -1.02. The minimum absolute atomic E-state index is 0.132. The monoisotopic (exact) mass is 245 g/mol. The van der Waals surface area contributed by atoms with E-state index in [2.05, 4.69) is 5.73 Å². The number of hydrogen-bond acceptors (Lipinski definition) is 4. The van der Waals surface area contributed by atoms with Gasteiger partial charge in [0.05, 0.1) is 0 Å². The molecule has 5 heteroatoms. The number of carbonyl (C=O) groups is 3. The van der Waals surface area contributed by atoms with Gasteiger partial charge in [0.15, 0.2) is 0 Å². The molecule has 100 valence electrons. The molecule has 0 amide bonds. The number of carboxylic acids is 1. The Balaban J connectivity index is 0. The quantitative estimate of drug-likeness (QED) is 0.521. The molecule has 0 fully saturated rings. The van der Waals surface area contributed by atoms with Crippen LogP contribution in [0.3, 0.4) is 0 Å². The van der Waals surface area contributed by atoms with E-state index in [0.717, 1.165) is 19.3 Å². The topological polar surface area (TPSA) is 97.5 Å². The van der Waals surface area contributed by atoms with Gasteiger partial charge in [-0.15, -0.1) is 0 Å². The van der Waals surface area contributed by atoms with Gasteiger partial charge in [-0.25, -0.2) is 0 Å². The van der Waals surface area contributed by atoms with Crippen LogP contribution in [0.4, 0.5) is 0 Å². The van der Waals surface area contributed by atoms with Crippen molar-refractivity contribution >= 4 is 18.0 Å². The predicted molar refractivity (Wildman–Crippen MR) is 65.7 cm³/mol. The standard InChI is InChI=1S/C10H18O3.C2H5NO/c1-4-10(5-2,6-3)8(11)7-9(12)13;3-1-2-4/h4-7H2,1-3H3,(H,12,13);2H,1,3H2. The van der Waals surface area contributed by atoms with Crippen molar-refractivity contribution in [1.82, 2.24) is 0 Å². The van der Waals surface area contributed by atoms with E-state index in [0.29, 0.717) is 6.29 Å². The van der Waals surface area contributed by atoms with Crippen LogP contribution in [-0.4, -0.2) is 29.7 Å². The minimum Gasteiger partial charge on any atom is -0.481 e. The Morgan fingerprint density at radius 3 is 1.71 bits per heavy atom. The Labute approximate surface area is 102 Å². The molecular weight excluding hydrogens is 222 g/mol. The van der Waals surface area contributed by atoms with Crippen LogP contribution in [0.5, 0.6) is 0 Å². The van der Waals surface area contributed by atoms with E-state index in [1.165, 1.54) is 0 Å². The molecule has 0 spiro atoms. The molecule has 0 radical (unpaired) electrons. The van der Waals surface area contributed by atoms with Gasteiger partial charge in [-0.3, -0.25) is 9.59 Å². The summed E-state index contributed by atoms with van der Waals surface area (Å²) >= 11 is 0. The number of aliphatic carboxylic acids is 1. The largest absolute Gasteiger partial charge is 0.481 e. The van der Waals surface area contributed by atoms with Gasteiger partial charge in [-0.1, -0.05) is 20.8 Å². The third-order valence-corrected chi connectivity index (χ3v) is 3.03. The molecule has 5 nitrogen and oxygen atoms in total. The first-order valence-corrected chi connectivity index (χ1v) is 5.82. The molecule has 0 aromatic rings. The maximum atomic E-state index is 11.6. The van der Waals surface area contributed by atoms with Gasteiger partial charge in [0.1, 0.15) is 18.5 Å². The third-order valence-electron chi connectivity index (χ3n) is 3.03. The number of carbonyl (C=O) groups excluding carboxylic acids is 2.